The summed E-state index contributed by atoms with van der Waals surface area (Å²) in [6.07, 6.45) is 3.56. The highest BCUT2D eigenvalue weighted by molar-refractivity contribution is 5.11. The molecule has 1 fully saturated rings. The van der Waals surface area contributed by atoms with E-state index in [9.17, 15) is 0 Å². The Morgan fingerprint density at radius 2 is 2.08 bits per heavy atom. The lowest BCUT2D eigenvalue weighted by molar-refractivity contribution is 0.165. The fourth-order valence-corrected chi connectivity index (χ4v) is 2.10. The molecule has 0 bridgehead atoms. The molecular formula is C12H21N. The summed E-state index contributed by atoms with van der Waals surface area (Å²) in [5.74, 6) is 6.23. The number of rotatable bonds is 1. The van der Waals surface area contributed by atoms with Gasteiger partial charge in [-0.05, 0) is 31.7 Å². The predicted octanol–water partition coefficient (Wildman–Crippen LogP) is 2.57. The average Bonchev–Trinajstić information content (AvgIpc) is 2.48. The van der Waals surface area contributed by atoms with Crippen LogP contribution in [0.4, 0.5) is 0 Å². The van der Waals surface area contributed by atoms with E-state index in [2.05, 4.69) is 37.9 Å². The van der Waals surface area contributed by atoms with Gasteiger partial charge in [-0.3, -0.25) is 0 Å². The summed E-state index contributed by atoms with van der Waals surface area (Å²) in [6, 6.07) is 0. The van der Waals surface area contributed by atoms with E-state index < -0.39 is 0 Å². The third-order valence-electron chi connectivity index (χ3n) is 3.25. The van der Waals surface area contributed by atoms with Gasteiger partial charge < -0.3 is 5.32 Å². The smallest absolute Gasteiger partial charge is 0.0339 e. The molecule has 0 radical (unpaired) electrons. The Morgan fingerprint density at radius 1 is 1.38 bits per heavy atom. The molecule has 1 heteroatoms. The highest BCUT2D eigenvalue weighted by Crippen LogP contribution is 2.39. The van der Waals surface area contributed by atoms with Gasteiger partial charge in [-0.1, -0.05) is 20.8 Å². The van der Waals surface area contributed by atoms with Crippen molar-refractivity contribution in [3.63, 3.8) is 0 Å². The molecule has 1 aliphatic rings. The lowest BCUT2D eigenvalue weighted by Crippen LogP contribution is -2.50. The fraction of sp³-hybridized carbons (Fsp3) is 0.833. The van der Waals surface area contributed by atoms with E-state index in [1.807, 2.05) is 6.92 Å². The third kappa shape index (κ3) is 2.06. The van der Waals surface area contributed by atoms with E-state index >= 15 is 0 Å². The molecule has 1 N–H and O–H groups in total. The minimum atomic E-state index is 0.260. The van der Waals surface area contributed by atoms with Gasteiger partial charge in [0, 0.05) is 12.0 Å². The lowest BCUT2D eigenvalue weighted by Gasteiger charge is -2.41. The first-order valence-corrected chi connectivity index (χ1v) is 5.16. The second kappa shape index (κ2) is 3.72. The molecule has 1 heterocycles. The van der Waals surface area contributed by atoms with Gasteiger partial charge in [0.25, 0.3) is 0 Å². The van der Waals surface area contributed by atoms with Crippen molar-refractivity contribution < 1.29 is 0 Å². The molecule has 13 heavy (non-hydrogen) atoms. The van der Waals surface area contributed by atoms with Crippen LogP contribution in [0.2, 0.25) is 0 Å². The quantitative estimate of drug-likeness (QED) is 0.610. The first kappa shape index (κ1) is 10.6. The van der Waals surface area contributed by atoms with E-state index in [1.165, 1.54) is 12.8 Å². The van der Waals surface area contributed by atoms with Crippen LogP contribution in [0.1, 0.15) is 47.0 Å². The Labute approximate surface area is 82.3 Å². The van der Waals surface area contributed by atoms with E-state index in [-0.39, 0.29) is 5.54 Å². The van der Waals surface area contributed by atoms with E-state index in [0.717, 1.165) is 13.0 Å². The van der Waals surface area contributed by atoms with Crippen LogP contribution in [-0.4, -0.2) is 12.1 Å². The Hall–Kier alpha value is -0.480. The Kier molecular flexibility index (Phi) is 3.03. The Balaban J connectivity index is 2.79. The molecule has 1 nitrogen and oxygen atoms in total. The summed E-state index contributed by atoms with van der Waals surface area (Å²) < 4.78 is 0. The van der Waals surface area contributed by atoms with Crippen molar-refractivity contribution in [3.8, 4) is 11.8 Å². The average molecular weight is 179 g/mol. The molecule has 1 aliphatic heterocycles. The van der Waals surface area contributed by atoms with Gasteiger partial charge in [0.05, 0.1) is 0 Å². The fourth-order valence-electron chi connectivity index (χ4n) is 2.10. The van der Waals surface area contributed by atoms with Crippen molar-refractivity contribution in [2.24, 2.45) is 5.41 Å². The van der Waals surface area contributed by atoms with Crippen molar-refractivity contribution in [1.82, 2.24) is 5.32 Å². The highest BCUT2D eigenvalue weighted by Gasteiger charge is 2.42. The molecule has 1 atom stereocenters. The van der Waals surface area contributed by atoms with Crippen LogP contribution < -0.4 is 5.32 Å². The summed E-state index contributed by atoms with van der Waals surface area (Å²) in [5.41, 5.74) is 0.573. The highest BCUT2D eigenvalue weighted by atomic mass is 15.0. The van der Waals surface area contributed by atoms with Gasteiger partial charge in [0.1, 0.15) is 0 Å². The summed E-state index contributed by atoms with van der Waals surface area (Å²) in [7, 11) is 0. The van der Waals surface area contributed by atoms with E-state index in [1.54, 1.807) is 0 Å². The molecule has 1 unspecified atom stereocenters. The number of nitrogens with one attached hydrogen (secondary N) is 1. The van der Waals surface area contributed by atoms with Crippen molar-refractivity contribution in [1.29, 1.82) is 0 Å². The van der Waals surface area contributed by atoms with Crippen LogP contribution in [-0.2, 0) is 0 Å². The molecular weight excluding hydrogens is 158 g/mol. The SMILES string of the molecule is CC#CCC1(C(C)(C)C)CCCN1. The summed E-state index contributed by atoms with van der Waals surface area (Å²) in [5, 5.41) is 3.64. The topological polar surface area (TPSA) is 12.0 Å². The normalized spacial score (nSPS) is 28.3. The van der Waals surface area contributed by atoms with Crippen molar-refractivity contribution in [3.05, 3.63) is 0 Å². The molecule has 0 aromatic carbocycles. The van der Waals surface area contributed by atoms with Crippen molar-refractivity contribution in [2.75, 3.05) is 6.54 Å². The van der Waals surface area contributed by atoms with Crippen LogP contribution in [0.3, 0.4) is 0 Å². The minimum Gasteiger partial charge on any atom is -0.310 e. The van der Waals surface area contributed by atoms with Crippen LogP contribution in [0.15, 0.2) is 0 Å². The molecule has 0 spiro atoms. The van der Waals surface area contributed by atoms with Crippen molar-refractivity contribution >= 4 is 0 Å². The molecule has 0 amide bonds. The Bertz CT molecular complexity index is 218. The molecule has 0 aliphatic carbocycles. The summed E-state index contributed by atoms with van der Waals surface area (Å²) in [6.45, 7) is 10.0. The van der Waals surface area contributed by atoms with Crippen LogP contribution in [0, 0.1) is 17.3 Å². The molecule has 0 aromatic rings. The molecule has 74 valence electrons. The zero-order chi connectivity index (χ0) is 9.95. The van der Waals surface area contributed by atoms with Crippen molar-refractivity contribution in [2.45, 2.75) is 52.5 Å². The molecule has 0 saturated carbocycles. The van der Waals surface area contributed by atoms with Gasteiger partial charge >= 0.3 is 0 Å². The molecule has 1 saturated heterocycles. The van der Waals surface area contributed by atoms with Crippen LogP contribution in [0.25, 0.3) is 0 Å². The third-order valence-corrected chi connectivity index (χ3v) is 3.25. The Morgan fingerprint density at radius 3 is 2.46 bits per heavy atom. The maximum atomic E-state index is 3.64. The second-order valence-electron chi connectivity index (χ2n) is 4.97. The maximum Gasteiger partial charge on any atom is 0.0339 e. The lowest BCUT2D eigenvalue weighted by atomic mass is 9.71. The number of hydrogen-bond acceptors (Lipinski definition) is 1. The number of hydrogen-bond donors (Lipinski definition) is 1. The first-order chi connectivity index (χ1) is 6.02. The van der Waals surface area contributed by atoms with Crippen LogP contribution >= 0.6 is 0 Å². The van der Waals surface area contributed by atoms with Gasteiger partial charge in [0.2, 0.25) is 0 Å². The van der Waals surface area contributed by atoms with Crippen LogP contribution in [0.5, 0.6) is 0 Å². The summed E-state index contributed by atoms with van der Waals surface area (Å²) >= 11 is 0. The van der Waals surface area contributed by atoms with E-state index in [0.29, 0.717) is 5.41 Å². The molecule has 0 aromatic heterocycles. The second-order valence-corrected chi connectivity index (χ2v) is 4.97. The standard InChI is InChI=1S/C12H21N/c1-5-6-8-12(11(2,3)4)9-7-10-13-12/h13H,7-10H2,1-4H3. The van der Waals surface area contributed by atoms with E-state index in [4.69, 9.17) is 0 Å². The monoisotopic (exact) mass is 179 g/mol. The van der Waals surface area contributed by atoms with Gasteiger partial charge in [-0.25, -0.2) is 0 Å². The molecule has 1 rings (SSSR count). The summed E-state index contributed by atoms with van der Waals surface area (Å²) in [4.78, 5) is 0. The minimum absolute atomic E-state index is 0.260. The van der Waals surface area contributed by atoms with Gasteiger partial charge in [0.15, 0.2) is 0 Å². The van der Waals surface area contributed by atoms with Gasteiger partial charge in [-0.15, -0.1) is 11.8 Å². The predicted molar refractivity (Wildman–Crippen MR) is 57.5 cm³/mol. The maximum absolute atomic E-state index is 3.64. The zero-order valence-electron chi connectivity index (χ0n) is 9.33. The zero-order valence-corrected chi connectivity index (χ0v) is 9.33. The first-order valence-electron chi connectivity index (χ1n) is 5.16. The van der Waals surface area contributed by atoms with Gasteiger partial charge in [-0.2, -0.15) is 0 Å². The largest absolute Gasteiger partial charge is 0.310 e.